The quantitative estimate of drug-likeness (QED) is 0.0218. The normalized spacial score (nSPS) is 13.9. The second-order valence-corrected chi connectivity index (χ2v) is 19.9. The van der Waals surface area contributed by atoms with E-state index in [0.29, 0.717) is 23.5 Å². The van der Waals surface area contributed by atoms with Gasteiger partial charge in [0.05, 0.1) is 13.0 Å². The van der Waals surface area contributed by atoms with Gasteiger partial charge in [-0.05, 0) is 74.1 Å². The van der Waals surface area contributed by atoms with E-state index >= 15 is 0 Å². The van der Waals surface area contributed by atoms with Crippen molar-refractivity contribution in [1.82, 2.24) is 36.8 Å². The van der Waals surface area contributed by atoms with E-state index in [1.165, 1.54) is 14.0 Å². The maximum atomic E-state index is 14.4. The molecule has 25 heteroatoms. The minimum absolute atomic E-state index is 0.0278. The molecule has 0 saturated heterocycles. The highest BCUT2D eigenvalue weighted by Gasteiger charge is 2.36. The molecule has 0 unspecified atom stereocenters. The number of hydrogen-bond acceptors (Lipinski definition) is 12. The Hall–Kier alpha value is -7.99. The van der Waals surface area contributed by atoms with E-state index < -0.39 is 107 Å². The van der Waals surface area contributed by atoms with Crippen LogP contribution in [-0.4, -0.2) is 139 Å². The van der Waals surface area contributed by atoms with Crippen LogP contribution in [0.1, 0.15) is 98.1 Å². The number of hydrogen-bond donors (Lipinski definition) is 12. The van der Waals surface area contributed by atoms with Gasteiger partial charge in [-0.15, -0.1) is 0 Å². The fraction of sp³-hybridized carbons (Fsp3) is 0.549. The van der Waals surface area contributed by atoms with Crippen LogP contribution in [0.5, 0.6) is 5.75 Å². The van der Waals surface area contributed by atoms with Gasteiger partial charge in [-0.1, -0.05) is 77.1 Å². The summed E-state index contributed by atoms with van der Waals surface area (Å²) in [6, 6.07) is 6.53. The molecule has 9 amide bonds. The van der Waals surface area contributed by atoms with Crippen LogP contribution in [0.3, 0.4) is 0 Å². The number of carbonyl (C=O) groups is 9. The van der Waals surface area contributed by atoms with Gasteiger partial charge >= 0.3 is 0 Å². The molecule has 0 aliphatic carbocycles. The molecule has 18 N–H and O–H groups in total. The summed E-state index contributed by atoms with van der Waals surface area (Å²) in [5.74, 6) is -7.62. The molecule has 420 valence electrons. The Bertz CT molecular complexity index is 2330. The van der Waals surface area contributed by atoms with Gasteiger partial charge in [0.1, 0.15) is 48.0 Å². The second-order valence-electron chi connectivity index (χ2n) is 19.9. The number of nitrogens with zero attached hydrogens (tertiary/aromatic N) is 3. The first-order valence-corrected chi connectivity index (χ1v) is 25.1. The number of primary amides is 2. The molecular weight excluding hydrogens is 983 g/mol. The fourth-order valence-corrected chi connectivity index (χ4v) is 7.58. The molecule has 0 aliphatic rings. The minimum atomic E-state index is -1.70. The Morgan fingerprint density at radius 2 is 1.07 bits per heavy atom. The number of nitrogens with one attached hydrogen (secondary N) is 6. The molecule has 0 spiro atoms. The molecule has 0 heterocycles. The maximum Gasteiger partial charge on any atom is 0.245 e. The third-order valence-electron chi connectivity index (χ3n) is 11.7. The molecule has 7 atom stereocenters. The number of aliphatic imine (C=N–C) groups is 2. The van der Waals surface area contributed by atoms with Crippen LogP contribution >= 0.6 is 0 Å². The van der Waals surface area contributed by atoms with E-state index in [1.807, 2.05) is 27.7 Å². The number of rotatable bonds is 32. The Labute approximate surface area is 444 Å². The molecule has 0 radical (unpaired) electrons. The van der Waals surface area contributed by atoms with Crippen LogP contribution in [0.4, 0.5) is 0 Å². The van der Waals surface area contributed by atoms with Gasteiger partial charge in [-0.25, -0.2) is 0 Å². The van der Waals surface area contributed by atoms with Crippen molar-refractivity contribution < 1.29 is 47.9 Å². The first-order valence-electron chi connectivity index (χ1n) is 25.1. The maximum absolute atomic E-state index is 14.4. The van der Waals surface area contributed by atoms with Crippen molar-refractivity contribution in [3.63, 3.8) is 0 Å². The van der Waals surface area contributed by atoms with Crippen molar-refractivity contribution >= 4 is 65.1 Å². The first kappa shape index (κ1) is 64.1. The predicted octanol–water partition coefficient (Wildman–Crippen LogP) is -1.81. The molecule has 76 heavy (non-hydrogen) atoms. The Kier molecular flexibility index (Phi) is 26.7. The zero-order valence-electron chi connectivity index (χ0n) is 45.0. The van der Waals surface area contributed by atoms with Crippen molar-refractivity contribution in [3.05, 3.63) is 65.7 Å². The summed E-state index contributed by atoms with van der Waals surface area (Å²) in [7, 11) is 1.29. The molecule has 0 saturated carbocycles. The summed E-state index contributed by atoms with van der Waals surface area (Å²) in [6.07, 6.45) is -0.241. The Morgan fingerprint density at radius 1 is 0.592 bits per heavy atom. The fourth-order valence-electron chi connectivity index (χ4n) is 7.58. The van der Waals surface area contributed by atoms with Crippen molar-refractivity contribution in [2.75, 3.05) is 26.7 Å². The summed E-state index contributed by atoms with van der Waals surface area (Å²) in [4.78, 5) is 131. The average Bonchev–Trinajstić information content (AvgIpc) is 3.33. The summed E-state index contributed by atoms with van der Waals surface area (Å²) in [5, 5.41) is 15.9. The van der Waals surface area contributed by atoms with Crippen LogP contribution in [-0.2, 0) is 56.0 Å². The second kappa shape index (κ2) is 31.7. The van der Waals surface area contributed by atoms with E-state index in [4.69, 9.17) is 39.1 Å². The highest BCUT2D eigenvalue weighted by atomic mass is 16.5. The number of nitrogens with two attached hydrogens (primary N) is 6. The number of ether oxygens (including phenoxy) is 1. The van der Waals surface area contributed by atoms with E-state index in [9.17, 15) is 43.2 Å². The van der Waals surface area contributed by atoms with Gasteiger partial charge in [-0.3, -0.25) is 53.1 Å². The smallest absolute Gasteiger partial charge is 0.245 e. The van der Waals surface area contributed by atoms with Crippen molar-refractivity contribution in [3.8, 4) is 5.75 Å². The lowest BCUT2D eigenvalue weighted by Gasteiger charge is -2.31. The van der Waals surface area contributed by atoms with Gasteiger partial charge in [-0.2, -0.15) is 0 Å². The van der Waals surface area contributed by atoms with Crippen LogP contribution in [0.15, 0.2) is 64.6 Å². The van der Waals surface area contributed by atoms with E-state index in [0.717, 1.165) is 4.90 Å². The highest BCUT2D eigenvalue weighted by molar-refractivity contribution is 5.99. The number of likely N-dealkylation sites (N-methyl/N-ethyl adjacent to an activating group) is 1. The summed E-state index contributed by atoms with van der Waals surface area (Å²) in [6.45, 7) is 12.7. The van der Waals surface area contributed by atoms with Gasteiger partial charge in [0.15, 0.2) is 11.9 Å². The van der Waals surface area contributed by atoms with Gasteiger partial charge < -0.3 is 75.9 Å². The zero-order valence-corrected chi connectivity index (χ0v) is 45.0. The highest BCUT2D eigenvalue weighted by Crippen LogP contribution is 2.19. The summed E-state index contributed by atoms with van der Waals surface area (Å²) in [5.41, 5.74) is 33.7. The number of carbonyl (C=O) groups excluding carboxylic acids is 9. The molecule has 2 rings (SSSR count). The third kappa shape index (κ3) is 23.9. The van der Waals surface area contributed by atoms with E-state index in [1.54, 1.807) is 68.4 Å². The lowest BCUT2D eigenvalue weighted by molar-refractivity contribution is -0.142. The monoisotopic (exact) mass is 1060 g/mol. The van der Waals surface area contributed by atoms with Gasteiger partial charge in [0.25, 0.3) is 0 Å². The van der Waals surface area contributed by atoms with Gasteiger partial charge in [0.2, 0.25) is 53.2 Å². The van der Waals surface area contributed by atoms with E-state index in [2.05, 4.69) is 41.9 Å². The predicted molar refractivity (Wildman–Crippen MR) is 287 cm³/mol. The number of amides is 9. The van der Waals surface area contributed by atoms with Crippen molar-refractivity contribution in [2.45, 2.75) is 142 Å². The van der Waals surface area contributed by atoms with Crippen LogP contribution in [0.2, 0.25) is 0 Å². The minimum Gasteiger partial charge on any atom is -0.494 e. The molecule has 2 aromatic carbocycles. The Morgan fingerprint density at radius 3 is 1.57 bits per heavy atom. The molecule has 2 aromatic rings. The summed E-state index contributed by atoms with van der Waals surface area (Å²) >= 11 is 0. The van der Waals surface area contributed by atoms with Crippen LogP contribution in [0, 0.1) is 11.3 Å². The molecule has 0 fully saturated rings. The SMILES string of the molecule is CCOc1ccc(C[C@@H](NC(=O)CC(C)(C)C)C(=O)N[C@@H](Cc2ccccc2)C(=O)N[C@H](C(=O)N[C@@H](CC(N)=O)C(=O)N[C@@H](CCCN=C(N)N)C(=O)N(C)[C@@H](C)C(=O)N[C@@H](CCCN=C(N)N)C(N)=O)C(C)C)cc1. The lowest BCUT2D eigenvalue weighted by Crippen LogP contribution is -2.61. The van der Waals surface area contributed by atoms with Crippen molar-refractivity contribution in [2.24, 2.45) is 55.7 Å². The molecule has 25 nitrogen and oxygen atoms in total. The van der Waals surface area contributed by atoms with Gasteiger partial charge in [0, 0.05) is 39.4 Å². The third-order valence-corrected chi connectivity index (χ3v) is 11.7. The average molecular weight is 1060 g/mol. The first-order chi connectivity index (χ1) is 35.6. The standard InChI is InChI=1S/C51H81N15O10/c1-9-76-33-21-19-32(20-22-33)26-36(60-40(68)28-51(5,6)7)44(71)63-37(25-31-15-11-10-12-16-31)46(73)65-41(29(2)3)47(74)64-38(27-39(52)67)45(72)62-35(18-14-24-59-50(56)57)48(75)66(8)30(4)43(70)61-34(42(53)69)17-13-23-58-49(54)55/h10-12,15-16,19-22,29-30,34-38,41H,9,13-14,17-18,23-28H2,1-8H3,(H2,52,67)(H2,53,69)(H,60,68)(H,61,70)(H,62,72)(H,63,71)(H,64,74)(H,65,73)(H4,54,55,58)(H4,56,57,59)/t30-,34-,35-,36+,37-,38-,41-/m0/s1. The summed E-state index contributed by atoms with van der Waals surface area (Å²) < 4.78 is 5.56. The molecule has 0 aromatic heterocycles. The van der Waals surface area contributed by atoms with Crippen LogP contribution in [0.25, 0.3) is 0 Å². The van der Waals surface area contributed by atoms with E-state index in [-0.39, 0.29) is 75.9 Å². The number of benzene rings is 2. The topological polar surface area (TPSA) is 419 Å². The largest absolute Gasteiger partial charge is 0.494 e. The number of guanidine groups is 2. The van der Waals surface area contributed by atoms with Crippen LogP contribution < -0.4 is 71.0 Å². The Balaban J connectivity index is 2.45. The molecule has 0 aliphatic heterocycles. The molecule has 0 bridgehead atoms. The van der Waals surface area contributed by atoms with Crippen molar-refractivity contribution in [1.29, 1.82) is 0 Å². The molecular formula is C51H81N15O10. The lowest BCUT2D eigenvalue weighted by atomic mass is 9.91. The zero-order chi connectivity index (χ0) is 57.3.